The molecule has 0 aliphatic carbocycles. The number of aromatic amines is 1. The van der Waals surface area contributed by atoms with E-state index in [4.69, 9.17) is 9.72 Å². The van der Waals surface area contributed by atoms with Gasteiger partial charge in [-0.1, -0.05) is 6.42 Å². The molecule has 4 aromatic rings. The number of methoxy groups -OCH3 is 1. The average Bonchev–Trinajstić information content (AvgIpc) is 3.40. The third kappa shape index (κ3) is 4.10. The van der Waals surface area contributed by atoms with Crippen LogP contribution in [0.5, 0.6) is 5.75 Å². The summed E-state index contributed by atoms with van der Waals surface area (Å²) in [6.45, 7) is 2.10. The van der Waals surface area contributed by atoms with Crippen molar-refractivity contribution in [2.75, 3.05) is 25.5 Å². The number of rotatable bonds is 3. The Morgan fingerprint density at radius 1 is 1.06 bits per heavy atom. The second-order valence-electron chi connectivity index (χ2n) is 9.87. The van der Waals surface area contributed by atoms with Gasteiger partial charge in [-0.2, -0.15) is 0 Å². The van der Waals surface area contributed by atoms with Crippen LogP contribution in [0.4, 0.5) is 5.69 Å². The Balaban J connectivity index is 1.10. The summed E-state index contributed by atoms with van der Waals surface area (Å²) in [5.74, 6) is 1.20. The van der Waals surface area contributed by atoms with E-state index in [2.05, 4.69) is 27.1 Å². The van der Waals surface area contributed by atoms with E-state index in [0.717, 1.165) is 72.2 Å². The van der Waals surface area contributed by atoms with E-state index in [-0.39, 0.29) is 0 Å². The number of nitrogens with zero attached hydrogens (tertiary/aromatic N) is 3. The van der Waals surface area contributed by atoms with E-state index < -0.39 is 11.8 Å². The normalized spacial score (nSPS) is 16.6. The summed E-state index contributed by atoms with van der Waals surface area (Å²) < 4.78 is 7.68. The predicted octanol–water partition coefficient (Wildman–Crippen LogP) is 4.60. The number of ether oxygens (including phenoxy) is 1. The number of likely N-dealkylation sites (tertiary alicyclic amines) is 1. The lowest BCUT2D eigenvalue weighted by Gasteiger charge is -2.31. The summed E-state index contributed by atoms with van der Waals surface area (Å²) in [6.07, 6.45) is 8.23. The van der Waals surface area contributed by atoms with Crippen LogP contribution >= 0.6 is 0 Å². The van der Waals surface area contributed by atoms with Crippen molar-refractivity contribution in [3.05, 3.63) is 54.0 Å². The summed E-state index contributed by atoms with van der Waals surface area (Å²) >= 11 is 0. The van der Waals surface area contributed by atoms with Crippen LogP contribution in [0, 0.1) is 0 Å². The fourth-order valence-electron chi connectivity index (χ4n) is 5.74. The van der Waals surface area contributed by atoms with Gasteiger partial charge in [0.25, 0.3) is 0 Å². The van der Waals surface area contributed by atoms with Crippen LogP contribution < -0.4 is 10.1 Å². The van der Waals surface area contributed by atoms with Gasteiger partial charge in [0.2, 0.25) is 0 Å². The molecule has 1 saturated heterocycles. The number of piperidine rings is 1. The second kappa shape index (κ2) is 9.33. The quantitative estimate of drug-likeness (QED) is 0.415. The first-order chi connectivity index (χ1) is 17.6. The number of imidazole rings is 1. The first kappa shape index (κ1) is 22.6. The van der Waals surface area contributed by atoms with Crippen LogP contribution in [0.1, 0.15) is 49.4 Å². The van der Waals surface area contributed by atoms with Crippen LogP contribution in [0.3, 0.4) is 0 Å². The Kier molecular flexibility index (Phi) is 5.87. The molecule has 6 rings (SSSR count). The van der Waals surface area contributed by atoms with Crippen LogP contribution in [-0.2, 0) is 22.6 Å². The summed E-state index contributed by atoms with van der Waals surface area (Å²) in [7, 11) is 1.67. The number of carbonyl (C=O) groups is 2. The Hall–Kier alpha value is -3.81. The van der Waals surface area contributed by atoms with Crippen molar-refractivity contribution >= 4 is 39.4 Å². The van der Waals surface area contributed by atoms with Gasteiger partial charge in [0.1, 0.15) is 11.6 Å². The average molecular weight is 486 g/mol. The fourth-order valence-corrected chi connectivity index (χ4v) is 5.74. The molecule has 2 aromatic heterocycles. The van der Waals surface area contributed by atoms with E-state index in [9.17, 15) is 9.59 Å². The minimum absolute atomic E-state index is 0.330. The topological polar surface area (TPSA) is 92.2 Å². The van der Waals surface area contributed by atoms with Crippen molar-refractivity contribution in [2.45, 2.75) is 51.0 Å². The van der Waals surface area contributed by atoms with E-state index in [1.807, 2.05) is 30.3 Å². The predicted molar refractivity (Wildman–Crippen MR) is 139 cm³/mol. The van der Waals surface area contributed by atoms with Gasteiger partial charge in [-0.05, 0) is 73.6 Å². The molecule has 4 heterocycles. The van der Waals surface area contributed by atoms with Gasteiger partial charge in [0.05, 0.1) is 18.1 Å². The molecule has 2 aliphatic heterocycles. The summed E-state index contributed by atoms with van der Waals surface area (Å²) in [5, 5.41) is 3.96. The van der Waals surface area contributed by atoms with E-state index >= 15 is 0 Å². The third-order valence-electron chi connectivity index (χ3n) is 7.70. The highest BCUT2D eigenvalue weighted by atomic mass is 16.5. The zero-order valence-electron chi connectivity index (χ0n) is 20.5. The van der Waals surface area contributed by atoms with Crippen LogP contribution in [0.15, 0.2) is 42.6 Å². The molecule has 186 valence electrons. The van der Waals surface area contributed by atoms with Crippen molar-refractivity contribution in [3.8, 4) is 5.75 Å². The number of hydrogen-bond donors (Lipinski definition) is 2. The molecule has 0 unspecified atom stereocenters. The van der Waals surface area contributed by atoms with Crippen molar-refractivity contribution in [1.29, 1.82) is 0 Å². The lowest BCUT2D eigenvalue weighted by Crippen LogP contribution is -2.43. The third-order valence-corrected chi connectivity index (χ3v) is 7.70. The highest BCUT2D eigenvalue weighted by Crippen LogP contribution is 2.35. The number of aryl methyl sites for hydroxylation is 2. The fraction of sp³-hybridized carbons (Fsp3) is 0.393. The number of benzene rings is 2. The molecule has 2 aliphatic rings. The SMILES string of the molecule is COc1ccc2[nH]cc(C3CCN(C(=O)C(=O)Nc4ccc5c(c4)nc4n5CCCCC4)CC3)c2c1. The van der Waals surface area contributed by atoms with Crippen LogP contribution in [0.25, 0.3) is 21.9 Å². The monoisotopic (exact) mass is 485 g/mol. The maximum atomic E-state index is 12.9. The molecule has 0 saturated carbocycles. The molecule has 36 heavy (non-hydrogen) atoms. The number of anilines is 1. The molecule has 2 amide bonds. The van der Waals surface area contributed by atoms with Gasteiger partial charge in [0, 0.05) is 48.8 Å². The summed E-state index contributed by atoms with van der Waals surface area (Å²) in [5.41, 5.74) is 4.89. The largest absolute Gasteiger partial charge is 0.497 e. The van der Waals surface area contributed by atoms with Crippen molar-refractivity contribution in [1.82, 2.24) is 19.4 Å². The molecule has 2 N–H and O–H groups in total. The molecule has 0 atom stereocenters. The number of hydrogen-bond acceptors (Lipinski definition) is 4. The first-order valence-corrected chi connectivity index (χ1v) is 12.8. The minimum atomic E-state index is -0.592. The Morgan fingerprint density at radius 3 is 2.75 bits per heavy atom. The van der Waals surface area contributed by atoms with E-state index in [1.54, 1.807) is 12.0 Å². The van der Waals surface area contributed by atoms with Gasteiger partial charge in [-0.15, -0.1) is 0 Å². The molecule has 2 aromatic carbocycles. The highest BCUT2D eigenvalue weighted by molar-refractivity contribution is 6.39. The second-order valence-corrected chi connectivity index (χ2v) is 9.87. The summed E-state index contributed by atoms with van der Waals surface area (Å²) in [4.78, 5) is 35.5. The maximum Gasteiger partial charge on any atom is 0.313 e. The molecular weight excluding hydrogens is 454 g/mol. The van der Waals surface area contributed by atoms with Crippen molar-refractivity contribution in [2.24, 2.45) is 0 Å². The van der Waals surface area contributed by atoms with E-state index in [1.165, 1.54) is 12.0 Å². The molecule has 8 heteroatoms. The lowest BCUT2D eigenvalue weighted by atomic mass is 9.89. The van der Waals surface area contributed by atoms with Gasteiger partial charge >= 0.3 is 11.8 Å². The highest BCUT2D eigenvalue weighted by Gasteiger charge is 2.29. The maximum absolute atomic E-state index is 12.9. The van der Waals surface area contributed by atoms with Gasteiger partial charge in [0.15, 0.2) is 0 Å². The van der Waals surface area contributed by atoms with E-state index in [0.29, 0.717) is 24.7 Å². The molecular formula is C28H31N5O3. The van der Waals surface area contributed by atoms with Gasteiger partial charge in [-0.3, -0.25) is 9.59 Å². The lowest BCUT2D eigenvalue weighted by molar-refractivity contribution is -0.143. The number of amides is 2. The number of carbonyl (C=O) groups excluding carboxylic acids is 2. The zero-order valence-corrected chi connectivity index (χ0v) is 20.5. The molecule has 8 nitrogen and oxygen atoms in total. The first-order valence-electron chi connectivity index (χ1n) is 12.8. The number of fused-ring (bicyclic) bond motifs is 4. The number of H-pyrrole nitrogens is 1. The minimum Gasteiger partial charge on any atom is -0.497 e. The Bertz CT molecular complexity index is 1440. The Morgan fingerprint density at radius 2 is 1.92 bits per heavy atom. The van der Waals surface area contributed by atoms with Crippen LogP contribution in [-0.4, -0.2) is 51.4 Å². The number of aromatic nitrogens is 3. The van der Waals surface area contributed by atoms with Crippen molar-refractivity contribution < 1.29 is 14.3 Å². The van der Waals surface area contributed by atoms with Crippen molar-refractivity contribution in [3.63, 3.8) is 0 Å². The molecule has 0 radical (unpaired) electrons. The standard InChI is InChI=1S/C28H31N5O3/c1-36-20-7-8-23-21(16-20)22(17-29-23)18-10-13-32(14-11-18)28(35)27(34)30-19-6-9-25-24(15-19)31-26-5-3-2-4-12-33(25)26/h6-9,15-18,29H,2-5,10-14H2,1H3,(H,30,34). The van der Waals surface area contributed by atoms with Crippen LogP contribution in [0.2, 0.25) is 0 Å². The molecule has 1 fully saturated rings. The van der Waals surface area contributed by atoms with Gasteiger partial charge < -0.3 is 24.5 Å². The number of nitrogens with one attached hydrogen (secondary N) is 2. The summed E-state index contributed by atoms with van der Waals surface area (Å²) in [6, 6.07) is 11.8. The molecule has 0 spiro atoms. The zero-order chi connectivity index (χ0) is 24.6. The van der Waals surface area contributed by atoms with Gasteiger partial charge in [-0.25, -0.2) is 4.98 Å². The Labute approximate surface area is 209 Å². The smallest absolute Gasteiger partial charge is 0.313 e. The molecule has 0 bridgehead atoms.